The Hall–Kier alpha value is -0.870. The van der Waals surface area contributed by atoms with E-state index in [-0.39, 0.29) is 24.0 Å². The molecule has 2 N–H and O–H groups in total. The summed E-state index contributed by atoms with van der Waals surface area (Å²) in [5, 5.41) is 11.7. The van der Waals surface area contributed by atoms with Gasteiger partial charge in [0.2, 0.25) is 0 Å². The molecule has 0 radical (unpaired) electrons. The largest absolute Gasteiger partial charge is 0.383 e. The van der Waals surface area contributed by atoms with Gasteiger partial charge in [-0.1, -0.05) is 13.8 Å². The average molecular weight is 492 g/mol. The molecule has 0 bridgehead atoms. The third-order valence-corrected chi connectivity index (χ3v) is 5.22. The van der Waals surface area contributed by atoms with Crippen LogP contribution in [0.15, 0.2) is 4.99 Å². The van der Waals surface area contributed by atoms with Gasteiger partial charge < -0.3 is 20.3 Å². The number of nitrogens with zero attached hydrogens (tertiary/aromatic N) is 4. The van der Waals surface area contributed by atoms with Gasteiger partial charge in [-0.15, -0.1) is 24.0 Å². The minimum absolute atomic E-state index is 0. The Morgan fingerprint density at radius 3 is 2.52 bits per heavy atom. The quantitative estimate of drug-likeness (QED) is 0.330. The Balaban J connectivity index is 0.00000364. The van der Waals surface area contributed by atoms with E-state index >= 15 is 0 Å². The molecule has 0 aliphatic carbocycles. The lowest BCUT2D eigenvalue weighted by molar-refractivity contribution is 0.128. The van der Waals surface area contributed by atoms with Crippen LogP contribution >= 0.6 is 24.0 Å². The molecule has 2 rings (SSSR count). The van der Waals surface area contributed by atoms with Crippen molar-refractivity contribution in [2.45, 2.75) is 52.1 Å². The molecule has 7 nitrogen and oxygen atoms in total. The van der Waals surface area contributed by atoms with Gasteiger partial charge in [-0.2, -0.15) is 5.10 Å². The van der Waals surface area contributed by atoms with Gasteiger partial charge in [0.25, 0.3) is 0 Å². The zero-order valence-electron chi connectivity index (χ0n) is 17.5. The lowest BCUT2D eigenvalue weighted by Gasteiger charge is -2.32. The molecule has 2 heterocycles. The number of rotatable bonds is 8. The summed E-state index contributed by atoms with van der Waals surface area (Å²) in [6.45, 7) is 9.18. The van der Waals surface area contributed by atoms with E-state index in [0.717, 1.165) is 64.4 Å². The smallest absolute Gasteiger partial charge is 0.191 e. The second-order valence-corrected chi connectivity index (χ2v) is 6.88. The normalized spacial score (nSPS) is 16.3. The fourth-order valence-corrected chi connectivity index (χ4v) is 3.68. The van der Waals surface area contributed by atoms with E-state index in [4.69, 9.17) is 4.74 Å². The maximum atomic E-state index is 5.17. The van der Waals surface area contributed by atoms with Gasteiger partial charge in [0.05, 0.1) is 12.3 Å². The van der Waals surface area contributed by atoms with E-state index in [9.17, 15) is 0 Å². The van der Waals surface area contributed by atoms with E-state index in [2.05, 4.69) is 39.5 Å². The summed E-state index contributed by atoms with van der Waals surface area (Å²) in [7, 11) is 5.64. The minimum atomic E-state index is 0. The zero-order chi connectivity index (χ0) is 18.9. The van der Waals surface area contributed by atoms with Gasteiger partial charge in [-0.25, -0.2) is 0 Å². The number of halogens is 1. The molecule has 1 saturated heterocycles. The summed E-state index contributed by atoms with van der Waals surface area (Å²) in [6, 6.07) is 0.477. The Morgan fingerprint density at radius 2 is 1.96 bits per heavy atom. The van der Waals surface area contributed by atoms with Crippen LogP contribution in [0.3, 0.4) is 0 Å². The standard InChI is InChI=1S/C19H36N6O.HI/c1-6-17-16(18(7-2)24(4)23-17)14-21-19(20-3)22-15-8-10-25(11-9-15)12-13-26-5;/h15H,6-14H2,1-5H3,(H2,20,21,22);1H. The summed E-state index contributed by atoms with van der Waals surface area (Å²) < 4.78 is 7.19. The highest BCUT2D eigenvalue weighted by Gasteiger charge is 2.20. The number of nitrogens with one attached hydrogen (secondary N) is 2. The van der Waals surface area contributed by atoms with E-state index in [1.54, 1.807) is 7.11 Å². The molecule has 0 saturated carbocycles. The second-order valence-electron chi connectivity index (χ2n) is 6.88. The van der Waals surface area contributed by atoms with Crippen molar-refractivity contribution in [2.24, 2.45) is 12.0 Å². The summed E-state index contributed by atoms with van der Waals surface area (Å²) in [4.78, 5) is 6.88. The van der Waals surface area contributed by atoms with Crippen LogP contribution in [0.5, 0.6) is 0 Å². The van der Waals surface area contributed by atoms with Gasteiger partial charge in [-0.05, 0) is 25.7 Å². The van der Waals surface area contributed by atoms with Crippen molar-refractivity contribution in [2.75, 3.05) is 40.4 Å². The molecule has 0 aromatic carbocycles. The number of aryl methyl sites for hydroxylation is 2. The third-order valence-electron chi connectivity index (χ3n) is 5.22. The van der Waals surface area contributed by atoms with Gasteiger partial charge in [-0.3, -0.25) is 9.67 Å². The maximum absolute atomic E-state index is 5.17. The van der Waals surface area contributed by atoms with Crippen molar-refractivity contribution in [3.8, 4) is 0 Å². The third kappa shape index (κ3) is 6.90. The number of hydrogen-bond donors (Lipinski definition) is 2. The molecule has 1 aliphatic heterocycles. The van der Waals surface area contributed by atoms with E-state index in [1.165, 1.54) is 17.0 Å². The van der Waals surface area contributed by atoms with Crippen molar-refractivity contribution >= 4 is 29.9 Å². The molecule has 0 amide bonds. The van der Waals surface area contributed by atoms with Gasteiger partial charge in [0.1, 0.15) is 0 Å². The second kappa shape index (κ2) is 12.6. The first-order valence-electron chi connectivity index (χ1n) is 9.84. The van der Waals surface area contributed by atoms with E-state index in [0.29, 0.717) is 6.04 Å². The Kier molecular flexibility index (Phi) is 11.2. The zero-order valence-corrected chi connectivity index (χ0v) is 19.9. The minimum Gasteiger partial charge on any atom is -0.383 e. The van der Waals surface area contributed by atoms with Gasteiger partial charge >= 0.3 is 0 Å². The van der Waals surface area contributed by atoms with E-state index in [1.807, 2.05) is 18.8 Å². The summed E-state index contributed by atoms with van der Waals surface area (Å²) in [5.74, 6) is 0.883. The van der Waals surface area contributed by atoms with Crippen LogP contribution in [-0.2, 0) is 31.2 Å². The molecule has 0 atom stereocenters. The fourth-order valence-electron chi connectivity index (χ4n) is 3.68. The highest BCUT2D eigenvalue weighted by Crippen LogP contribution is 2.15. The average Bonchev–Trinajstić information content (AvgIpc) is 2.98. The SMILES string of the molecule is CCc1nn(C)c(CC)c1CNC(=NC)NC1CCN(CCOC)CC1.I. The summed E-state index contributed by atoms with van der Waals surface area (Å²) in [5.41, 5.74) is 3.80. The molecule has 27 heavy (non-hydrogen) atoms. The molecule has 1 aliphatic rings. The van der Waals surface area contributed by atoms with Crippen molar-refractivity contribution in [1.82, 2.24) is 25.3 Å². The number of ether oxygens (including phenoxy) is 1. The maximum Gasteiger partial charge on any atom is 0.191 e. The predicted molar refractivity (Wildman–Crippen MR) is 122 cm³/mol. The first-order chi connectivity index (χ1) is 12.6. The fraction of sp³-hybridized carbons (Fsp3) is 0.789. The highest BCUT2D eigenvalue weighted by atomic mass is 127. The van der Waals surface area contributed by atoms with Crippen molar-refractivity contribution in [3.05, 3.63) is 17.0 Å². The monoisotopic (exact) mass is 492 g/mol. The number of hydrogen-bond acceptors (Lipinski definition) is 4. The number of likely N-dealkylation sites (tertiary alicyclic amines) is 1. The van der Waals surface area contributed by atoms with Crippen LogP contribution in [0.2, 0.25) is 0 Å². The number of aromatic nitrogens is 2. The molecular weight excluding hydrogens is 455 g/mol. The predicted octanol–water partition coefficient (Wildman–Crippen LogP) is 1.94. The number of aliphatic imine (C=N–C) groups is 1. The van der Waals surface area contributed by atoms with Crippen LogP contribution in [-0.4, -0.2) is 67.1 Å². The molecule has 1 fully saturated rings. The molecule has 1 aromatic rings. The lowest BCUT2D eigenvalue weighted by Crippen LogP contribution is -2.49. The van der Waals surface area contributed by atoms with Gasteiger partial charge in [0, 0.05) is 64.7 Å². The summed E-state index contributed by atoms with van der Waals surface area (Å²) in [6.07, 6.45) is 4.22. The molecule has 0 unspecified atom stereocenters. The van der Waals surface area contributed by atoms with E-state index < -0.39 is 0 Å². The van der Waals surface area contributed by atoms with Crippen LogP contribution in [0.1, 0.15) is 43.6 Å². The molecule has 0 spiro atoms. The highest BCUT2D eigenvalue weighted by molar-refractivity contribution is 14.0. The number of guanidine groups is 1. The van der Waals surface area contributed by atoms with Crippen molar-refractivity contribution < 1.29 is 4.74 Å². The molecular formula is C19H37IN6O. The van der Waals surface area contributed by atoms with Crippen LogP contribution in [0.4, 0.5) is 0 Å². The topological polar surface area (TPSA) is 66.7 Å². The Bertz CT molecular complexity index is 581. The van der Waals surface area contributed by atoms with Crippen molar-refractivity contribution in [3.63, 3.8) is 0 Å². The Labute approximate surface area is 181 Å². The molecule has 1 aromatic heterocycles. The van der Waals surface area contributed by atoms with Crippen LogP contribution in [0.25, 0.3) is 0 Å². The summed E-state index contributed by atoms with van der Waals surface area (Å²) >= 11 is 0. The molecule has 8 heteroatoms. The first-order valence-corrected chi connectivity index (χ1v) is 9.84. The molecule has 156 valence electrons. The number of piperidine rings is 1. The van der Waals surface area contributed by atoms with Crippen molar-refractivity contribution in [1.29, 1.82) is 0 Å². The number of methoxy groups -OCH3 is 1. The van der Waals surface area contributed by atoms with Gasteiger partial charge in [0.15, 0.2) is 5.96 Å². The lowest BCUT2D eigenvalue weighted by atomic mass is 10.1. The first kappa shape index (κ1) is 24.2. The van der Waals surface area contributed by atoms with Crippen LogP contribution in [0, 0.1) is 0 Å². The van der Waals surface area contributed by atoms with Crippen LogP contribution < -0.4 is 10.6 Å². The Morgan fingerprint density at radius 1 is 1.26 bits per heavy atom.